The van der Waals surface area contributed by atoms with Gasteiger partial charge in [0.2, 0.25) is 21.8 Å². The number of aryl methyl sites for hydroxylation is 1. The third kappa shape index (κ3) is 8.02. The molecular weight excluding hydrogens is 474 g/mol. The van der Waals surface area contributed by atoms with E-state index < -0.39 is 28.5 Å². The van der Waals surface area contributed by atoms with Crippen LogP contribution in [0.15, 0.2) is 48.5 Å². The van der Waals surface area contributed by atoms with E-state index >= 15 is 0 Å². The summed E-state index contributed by atoms with van der Waals surface area (Å²) in [7, 11) is -3.74. The van der Waals surface area contributed by atoms with Crippen LogP contribution < -0.4 is 9.62 Å². The Hall–Kier alpha value is -2.58. The maximum Gasteiger partial charge on any atom is 0.244 e. The second-order valence-corrected chi connectivity index (χ2v) is 11.2. The van der Waals surface area contributed by atoms with Gasteiger partial charge in [0.05, 0.1) is 11.9 Å². The summed E-state index contributed by atoms with van der Waals surface area (Å²) < 4.78 is 26.2. The number of hydrogen-bond acceptors (Lipinski definition) is 4. The average Bonchev–Trinajstić information content (AvgIpc) is 2.77. The van der Waals surface area contributed by atoms with E-state index in [1.165, 1.54) is 4.90 Å². The Kier molecular flexibility index (Phi) is 9.94. The van der Waals surface area contributed by atoms with Crippen molar-refractivity contribution in [3.63, 3.8) is 0 Å². The first kappa shape index (κ1) is 27.7. The number of nitrogens with one attached hydrogen (secondary N) is 1. The second kappa shape index (κ2) is 12.2. The van der Waals surface area contributed by atoms with E-state index in [2.05, 4.69) is 5.32 Å². The molecule has 1 N–H and O–H groups in total. The lowest BCUT2D eigenvalue weighted by molar-refractivity contribution is -0.140. The van der Waals surface area contributed by atoms with Crippen molar-refractivity contribution < 1.29 is 18.0 Å². The lowest BCUT2D eigenvalue weighted by atomic mass is 10.1. The van der Waals surface area contributed by atoms with E-state index in [-0.39, 0.29) is 18.4 Å². The van der Waals surface area contributed by atoms with Crippen molar-refractivity contribution in [3.8, 4) is 0 Å². The van der Waals surface area contributed by atoms with Crippen LogP contribution in [0.2, 0.25) is 5.02 Å². The molecule has 0 spiro atoms. The fourth-order valence-corrected chi connectivity index (χ4v) is 4.43. The van der Waals surface area contributed by atoms with Crippen LogP contribution in [0.3, 0.4) is 0 Å². The molecule has 0 aliphatic rings. The number of carbonyl (C=O) groups excluding carboxylic acids is 2. The van der Waals surface area contributed by atoms with Gasteiger partial charge in [0.25, 0.3) is 0 Å². The first-order chi connectivity index (χ1) is 15.9. The van der Waals surface area contributed by atoms with Crippen LogP contribution in [-0.4, -0.2) is 50.5 Å². The zero-order valence-electron chi connectivity index (χ0n) is 20.4. The molecule has 0 saturated heterocycles. The van der Waals surface area contributed by atoms with Gasteiger partial charge in [-0.15, -0.1) is 0 Å². The molecule has 2 rings (SSSR count). The maximum atomic E-state index is 13.6. The average molecular weight is 508 g/mol. The Labute approximate surface area is 208 Å². The van der Waals surface area contributed by atoms with E-state index in [1.54, 1.807) is 48.5 Å². The third-order valence-corrected chi connectivity index (χ3v) is 6.73. The Morgan fingerprint density at radius 2 is 1.62 bits per heavy atom. The fraction of sp³-hybridized carbons (Fsp3) is 0.440. The minimum Gasteiger partial charge on any atom is -0.354 e. The molecule has 9 heteroatoms. The van der Waals surface area contributed by atoms with Crippen LogP contribution in [-0.2, 0) is 26.2 Å². The van der Waals surface area contributed by atoms with Crippen molar-refractivity contribution in [2.75, 3.05) is 23.7 Å². The summed E-state index contributed by atoms with van der Waals surface area (Å²) in [5, 5.41) is 3.46. The van der Waals surface area contributed by atoms with Gasteiger partial charge in [-0.05, 0) is 49.1 Å². The number of rotatable bonds is 11. The summed E-state index contributed by atoms with van der Waals surface area (Å²) >= 11 is 6.00. The minimum absolute atomic E-state index is 0.148. The van der Waals surface area contributed by atoms with Gasteiger partial charge in [-0.25, -0.2) is 8.42 Å². The van der Waals surface area contributed by atoms with Gasteiger partial charge < -0.3 is 10.2 Å². The number of anilines is 1. The van der Waals surface area contributed by atoms with E-state index in [9.17, 15) is 18.0 Å². The van der Waals surface area contributed by atoms with Crippen LogP contribution in [0.1, 0.15) is 38.3 Å². The zero-order chi connectivity index (χ0) is 25.5. The third-order valence-electron chi connectivity index (χ3n) is 5.34. The molecule has 1 atom stereocenters. The molecule has 2 aromatic carbocycles. The number of carbonyl (C=O) groups is 2. The quantitative estimate of drug-likeness (QED) is 0.498. The van der Waals surface area contributed by atoms with Crippen LogP contribution >= 0.6 is 11.6 Å². The second-order valence-electron chi connectivity index (χ2n) is 8.82. The summed E-state index contributed by atoms with van der Waals surface area (Å²) in [4.78, 5) is 28.0. The Balaban J connectivity index is 2.39. The zero-order valence-corrected chi connectivity index (χ0v) is 22.0. The van der Waals surface area contributed by atoms with Crippen molar-refractivity contribution >= 4 is 39.1 Å². The number of hydrogen-bond donors (Lipinski definition) is 1. The molecule has 2 amide bonds. The van der Waals surface area contributed by atoms with Crippen molar-refractivity contribution in [3.05, 3.63) is 64.7 Å². The van der Waals surface area contributed by atoms with Gasteiger partial charge >= 0.3 is 0 Å². The smallest absolute Gasteiger partial charge is 0.244 e. The molecule has 7 nitrogen and oxygen atoms in total. The molecule has 0 bridgehead atoms. The predicted molar refractivity (Wildman–Crippen MR) is 137 cm³/mol. The molecule has 0 aliphatic heterocycles. The normalized spacial score (nSPS) is 12.3. The highest BCUT2D eigenvalue weighted by atomic mass is 35.5. The summed E-state index contributed by atoms with van der Waals surface area (Å²) in [6.45, 7) is 7.92. The van der Waals surface area contributed by atoms with E-state index in [4.69, 9.17) is 11.6 Å². The summed E-state index contributed by atoms with van der Waals surface area (Å²) in [5.41, 5.74) is 2.15. The van der Waals surface area contributed by atoms with Crippen LogP contribution in [0.25, 0.3) is 0 Å². The van der Waals surface area contributed by atoms with E-state index in [1.807, 2.05) is 27.7 Å². The van der Waals surface area contributed by atoms with Gasteiger partial charge in [0.15, 0.2) is 0 Å². The summed E-state index contributed by atoms with van der Waals surface area (Å²) in [6.07, 6.45) is 1.45. The number of benzene rings is 2. The van der Waals surface area contributed by atoms with Gasteiger partial charge in [-0.3, -0.25) is 13.9 Å². The number of sulfonamides is 1. The molecule has 0 saturated carbocycles. The fourth-order valence-electron chi connectivity index (χ4n) is 3.45. The molecule has 34 heavy (non-hydrogen) atoms. The maximum absolute atomic E-state index is 13.6. The molecule has 0 unspecified atom stereocenters. The van der Waals surface area contributed by atoms with Gasteiger partial charge in [0.1, 0.15) is 12.6 Å². The Morgan fingerprint density at radius 3 is 2.12 bits per heavy atom. The monoisotopic (exact) mass is 507 g/mol. The first-order valence-corrected chi connectivity index (χ1v) is 13.5. The van der Waals surface area contributed by atoms with Crippen molar-refractivity contribution in [1.29, 1.82) is 0 Å². The topological polar surface area (TPSA) is 86.8 Å². The van der Waals surface area contributed by atoms with Crippen LogP contribution in [0.4, 0.5) is 5.69 Å². The van der Waals surface area contributed by atoms with Crippen molar-refractivity contribution in [1.82, 2.24) is 10.2 Å². The standard InChI is InChI=1S/C25H34ClN3O4S/c1-6-23(25(31)27-15-18(2)3)28(16-20-9-11-21(26)12-10-20)24(30)17-29(34(5,32)33)22-13-7-19(4)8-14-22/h7-14,18,23H,6,15-17H2,1-5H3,(H,27,31)/t23-/m1/s1. The largest absolute Gasteiger partial charge is 0.354 e. The molecule has 0 aliphatic carbocycles. The molecule has 2 aromatic rings. The Morgan fingerprint density at radius 1 is 1.03 bits per heavy atom. The predicted octanol–water partition coefficient (Wildman–Crippen LogP) is 3.99. The summed E-state index contributed by atoms with van der Waals surface area (Å²) in [5.74, 6) is -0.476. The van der Waals surface area contributed by atoms with Gasteiger partial charge in [-0.2, -0.15) is 0 Å². The highest BCUT2D eigenvalue weighted by molar-refractivity contribution is 7.92. The number of halogens is 1. The number of amides is 2. The molecular formula is C25H34ClN3O4S. The van der Waals surface area contributed by atoms with Gasteiger partial charge in [-0.1, -0.05) is 62.2 Å². The molecule has 186 valence electrons. The molecule has 0 radical (unpaired) electrons. The van der Waals surface area contributed by atoms with Crippen LogP contribution in [0.5, 0.6) is 0 Å². The molecule has 0 aromatic heterocycles. The van der Waals surface area contributed by atoms with Crippen molar-refractivity contribution in [2.24, 2.45) is 5.92 Å². The number of nitrogens with zero attached hydrogens (tertiary/aromatic N) is 2. The van der Waals surface area contributed by atoms with Crippen molar-refractivity contribution in [2.45, 2.75) is 46.7 Å². The van der Waals surface area contributed by atoms with Crippen LogP contribution in [0, 0.1) is 12.8 Å². The lowest BCUT2D eigenvalue weighted by Crippen LogP contribution is -2.52. The summed E-state index contributed by atoms with van der Waals surface area (Å²) in [6, 6.07) is 13.2. The molecule has 0 heterocycles. The van der Waals surface area contributed by atoms with E-state index in [0.29, 0.717) is 23.7 Å². The highest BCUT2D eigenvalue weighted by Crippen LogP contribution is 2.21. The Bertz CT molecular complexity index is 1070. The minimum atomic E-state index is -3.74. The van der Waals surface area contributed by atoms with E-state index in [0.717, 1.165) is 21.7 Å². The van der Waals surface area contributed by atoms with Gasteiger partial charge in [0, 0.05) is 18.1 Å². The molecule has 0 fully saturated rings. The lowest BCUT2D eigenvalue weighted by Gasteiger charge is -2.33. The highest BCUT2D eigenvalue weighted by Gasteiger charge is 2.31. The SMILES string of the molecule is CC[C@H](C(=O)NCC(C)C)N(Cc1ccc(Cl)cc1)C(=O)CN(c1ccc(C)cc1)S(C)(=O)=O. The first-order valence-electron chi connectivity index (χ1n) is 11.3.